The van der Waals surface area contributed by atoms with Crippen LogP contribution in [0.1, 0.15) is 18.9 Å². The Hall–Kier alpha value is -3.83. The summed E-state index contributed by atoms with van der Waals surface area (Å²) < 4.78 is 43.1. The summed E-state index contributed by atoms with van der Waals surface area (Å²) in [6.45, 7) is 1.89. The SMILES string of the molecule is CCOC(=O)N(C)c1ccc(NC(=O)CCNc2ccc(C(F)(F)F)cc2[N+](=O)[O-])cc1. The van der Waals surface area contributed by atoms with Crippen molar-refractivity contribution in [3.63, 3.8) is 0 Å². The standard InChI is InChI=1S/C20H21F3N4O5/c1-3-32-19(29)26(2)15-7-5-14(6-8-15)25-18(28)10-11-24-16-9-4-13(20(21,22)23)12-17(16)27(30)31/h4-9,12,24H,3,10-11H2,1-2H3,(H,25,28). The van der Waals surface area contributed by atoms with Crippen molar-refractivity contribution >= 4 is 34.7 Å². The lowest BCUT2D eigenvalue weighted by Gasteiger charge is -2.17. The molecule has 32 heavy (non-hydrogen) atoms. The monoisotopic (exact) mass is 454 g/mol. The predicted octanol–water partition coefficient (Wildman–Crippen LogP) is 4.65. The molecule has 0 heterocycles. The highest BCUT2D eigenvalue weighted by molar-refractivity contribution is 5.92. The van der Waals surface area contributed by atoms with Gasteiger partial charge in [-0.15, -0.1) is 0 Å². The van der Waals surface area contributed by atoms with Gasteiger partial charge in [0.15, 0.2) is 0 Å². The van der Waals surface area contributed by atoms with Crippen molar-refractivity contribution in [1.82, 2.24) is 0 Å². The van der Waals surface area contributed by atoms with Crippen LogP contribution in [0, 0.1) is 10.1 Å². The number of nitrogens with zero attached hydrogens (tertiary/aromatic N) is 2. The Morgan fingerprint density at radius 1 is 1.16 bits per heavy atom. The fourth-order valence-electron chi connectivity index (χ4n) is 2.64. The number of benzene rings is 2. The third kappa shape index (κ3) is 6.59. The highest BCUT2D eigenvalue weighted by Crippen LogP contribution is 2.34. The molecule has 2 aromatic rings. The molecule has 0 aliphatic carbocycles. The summed E-state index contributed by atoms with van der Waals surface area (Å²) >= 11 is 0. The van der Waals surface area contributed by atoms with Crippen molar-refractivity contribution in [1.29, 1.82) is 0 Å². The largest absolute Gasteiger partial charge is 0.449 e. The van der Waals surface area contributed by atoms with E-state index < -0.39 is 34.4 Å². The van der Waals surface area contributed by atoms with Crippen LogP contribution in [0.25, 0.3) is 0 Å². The second-order valence-electron chi connectivity index (χ2n) is 6.52. The number of alkyl halides is 3. The van der Waals surface area contributed by atoms with E-state index in [0.29, 0.717) is 17.4 Å². The van der Waals surface area contributed by atoms with Crippen molar-refractivity contribution in [2.75, 3.05) is 35.7 Å². The number of nitro groups is 1. The molecular formula is C20H21F3N4O5. The van der Waals surface area contributed by atoms with Gasteiger partial charge in [-0.2, -0.15) is 13.2 Å². The lowest BCUT2D eigenvalue weighted by Crippen LogP contribution is -2.26. The van der Waals surface area contributed by atoms with Gasteiger partial charge in [0.25, 0.3) is 5.69 Å². The third-order valence-electron chi connectivity index (χ3n) is 4.27. The van der Waals surface area contributed by atoms with E-state index in [1.165, 1.54) is 11.9 Å². The zero-order valence-electron chi connectivity index (χ0n) is 17.2. The molecule has 0 saturated heterocycles. The minimum Gasteiger partial charge on any atom is -0.449 e. The summed E-state index contributed by atoms with van der Waals surface area (Å²) in [5.74, 6) is -0.418. The first kappa shape index (κ1) is 24.4. The van der Waals surface area contributed by atoms with Gasteiger partial charge in [0.05, 0.1) is 17.1 Å². The molecule has 0 fully saturated rings. The zero-order chi connectivity index (χ0) is 23.9. The van der Waals surface area contributed by atoms with E-state index in [4.69, 9.17) is 4.74 Å². The molecular weight excluding hydrogens is 433 g/mol. The molecule has 0 spiro atoms. The molecule has 0 aromatic heterocycles. The van der Waals surface area contributed by atoms with Crippen LogP contribution in [0.2, 0.25) is 0 Å². The van der Waals surface area contributed by atoms with E-state index >= 15 is 0 Å². The van der Waals surface area contributed by atoms with Gasteiger partial charge in [-0.05, 0) is 43.3 Å². The Kier molecular flexibility index (Phi) is 7.99. The summed E-state index contributed by atoms with van der Waals surface area (Å²) in [5.41, 5.74) is -0.984. The smallest absolute Gasteiger partial charge is 0.416 e. The highest BCUT2D eigenvalue weighted by Gasteiger charge is 2.33. The van der Waals surface area contributed by atoms with Gasteiger partial charge >= 0.3 is 12.3 Å². The number of hydrogen-bond acceptors (Lipinski definition) is 6. The number of halogens is 3. The lowest BCUT2D eigenvalue weighted by molar-refractivity contribution is -0.384. The van der Waals surface area contributed by atoms with E-state index in [1.54, 1.807) is 31.2 Å². The molecule has 0 aliphatic rings. The number of nitrogens with one attached hydrogen (secondary N) is 2. The van der Waals surface area contributed by atoms with Crippen molar-refractivity contribution in [2.45, 2.75) is 19.5 Å². The van der Waals surface area contributed by atoms with Crippen LogP contribution in [0.15, 0.2) is 42.5 Å². The highest BCUT2D eigenvalue weighted by atomic mass is 19.4. The number of rotatable bonds is 8. The predicted molar refractivity (Wildman–Crippen MR) is 112 cm³/mol. The summed E-state index contributed by atoms with van der Waals surface area (Å²) in [7, 11) is 1.54. The second kappa shape index (κ2) is 10.5. The molecule has 2 rings (SSSR count). The first-order chi connectivity index (χ1) is 15.0. The van der Waals surface area contributed by atoms with Gasteiger partial charge in [-0.25, -0.2) is 4.79 Å². The molecule has 0 saturated carbocycles. The lowest BCUT2D eigenvalue weighted by atomic mass is 10.1. The number of anilines is 3. The van der Waals surface area contributed by atoms with E-state index in [2.05, 4.69) is 10.6 Å². The van der Waals surface area contributed by atoms with Crippen LogP contribution >= 0.6 is 0 Å². The molecule has 0 unspecified atom stereocenters. The molecule has 0 aliphatic heterocycles. The maximum absolute atomic E-state index is 12.7. The van der Waals surface area contributed by atoms with Crippen molar-refractivity contribution < 1.29 is 32.4 Å². The molecule has 0 radical (unpaired) electrons. The average molecular weight is 454 g/mol. The minimum atomic E-state index is -4.70. The van der Waals surface area contributed by atoms with E-state index in [9.17, 15) is 32.9 Å². The average Bonchev–Trinajstić information content (AvgIpc) is 2.73. The Morgan fingerprint density at radius 3 is 2.38 bits per heavy atom. The summed E-state index contributed by atoms with van der Waals surface area (Å²) in [4.78, 5) is 35.3. The van der Waals surface area contributed by atoms with Crippen molar-refractivity contribution in [3.8, 4) is 0 Å². The Balaban J connectivity index is 1.92. The quantitative estimate of drug-likeness (QED) is 0.444. The Labute approximate surface area is 181 Å². The Morgan fingerprint density at radius 2 is 1.81 bits per heavy atom. The van der Waals surface area contributed by atoms with E-state index in [-0.39, 0.29) is 25.3 Å². The van der Waals surface area contributed by atoms with Crippen molar-refractivity contribution in [2.24, 2.45) is 0 Å². The minimum absolute atomic E-state index is 0.0400. The molecule has 0 bridgehead atoms. The van der Waals surface area contributed by atoms with Gasteiger partial charge in [-0.1, -0.05) is 0 Å². The van der Waals surface area contributed by atoms with Gasteiger partial charge in [0.1, 0.15) is 5.69 Å². The molecule has 2 N–H and O–H groups in total. The van der Waals surface area contributed by atoms with Gasteiger partial charge in [0.2, 0.25) is 5.91 Å². The molecule has 9 nitrogen and oxygen atoms in total. The first-order valence-electron chi connectivity index (χ1n) is 9.42. The number of carbonyl (C=O) groups is 2. The Bertz CT molecular complexity index is 980. The van der Waals surface area contributed by atoms with Crippen LogP contribution in [0.3, 0.4) is 0 Å². The van der Waals surface area contributed by atoms with Gasteiger partial charge < -0.3 is 15.4 Å². The zero-order valence-corrected chi connectivity index (χ0v) is 17.2. The normalized spacial score (nSPS) is 10.9. The van der Waals surface area contributed by atoms with E-state index in [1.807, 2.05) is 0 Å². The third-order valence-corrected chi connectivity index (χ3v) is 4.27. The fourth-order valence-corrected chi connectivity index (χ4v) is 2.64. The molecule has 2 amide bonds. The number of hydrogen-bond donors (Lipinski definition) is 2. The summed E-state index contributed by atoms with van der Waals surface area (Å²) in [6, 6.07) is 8.50. The number of nitro benzene ring substituents is 1. The number of carbonyl (C=O) groups excluding carboxylic acids is 2. The van der Waals surface area contributed by atoms with E-state index in [0.717, 1.165) is 12.1 Å². The summed E-state index contributed by atoms with van der Waals surface area (Å²) in [5, 5.41) is 16.3. The molecule has 0 atom stereocenters. The van der Waals surface area contributed by atoms with Crippen molar-refractivity contribution in [3.05, 3.63) is 58.1 Å². The topological polar surface area (TPSA) is 114 Å². The molecule has 2 aromatic carbocycles. The molecule has 12 heteroatoms. The second-order valence-corrected chi connectivity index (χ2v) is 6.52. The van der Waals surface area contributed by atoms with Gasteiger partial charge in [0, 0.05) is 37.5 Å². The molecule has 172 valence electrons. The number of amides is 2. The van der Waals surface area contributed by atoms with Crippen LogP contribution in [0.4, 0.5) is 40.7 Å². The van der Waals surface area contributed by atoms with Gasteiger partial charge in [-0.3, -0.25) is 19.8 Å². The van der Waals surface area contributed by atoms with Crippen LogP contribution in [-0.2, 0) is 15.7 Å². The fraction of sp³-hybridized carbons (Fsp3) is 0.300. The maximum Gasteiger partial charge on any atom is 0.416 e. The first-order valence-corrected chi connectivity index (χ1v) is 9.42. The summed E-state index contributed by atoms with van der Waals surface area (Å²) in [6.07, 6.45) is -5.32. The van der Waals surface area contributed by atoms with Crippen LogP contribution in [0.5, 0.6) is 0 Å². The maximum atomic E-state index is 12.7. The number of ether oxygens (including phenoxy) is 1. The van der Waals surface area contributed by atoms with Crippen LogP contribution < -0.4 is 15.5 Å². The van der Waals surface area contributed by atoms with Crippen LogP contribution in [-0.4, -0.2) is 37.1 Å².